The van der Waals surface area contributed by atoms with Crippen LogP contribution in [0, 0.1) is 0 Å². The number of nitrogens with two attached hydrogens (primary N) is 1. The van der Waals surface area contributed by atoms with Gasteiger partial charge in [-0.25, -0.2) is 4.98 Å². The van der Waals surface area contributed by atoms with Crippen molar-refractivity contribution in [2.24, 2.45) is 15.7 Å². The Bertz CT molecular complexity index is 726. The van der Waals surface area contributed by atoms with Crippen LogP contribution in [-0.4, -0.2) is 62.8 Å². The second-order valence-electron chi connectivity index (χ2n) is 5.71. The van der Waals surface area contributed by atoms with Crippen molar-refractivity contribution in [3.8, 4) is 0 Å². The van der Waals surface area contributed by atoms with E-state index in [-0.39, 0.29) is 24.2 Å². The van der Waals surface area contributed by atoms with Gasteiger partial charge in [-0.1, -0.05) is 0 Å². The molecule has 4 heterocycles. The Morgan fingerprint density at radius 1 is 1.52 bits per heavy atom. The van der Waals surface area contributed by atoms with E-state index in [9.17, 15) is 15.0 Å². The molecule has 10 heteroatoms. The first kappa shape index (κ1) is 14.3. The second-order valence-corrected chi connectivity index (χ2v) is 5.71. The Balaban J connectivity index is 1.73. The second kappa shape index (κ2) is 5.11. The van der Waals surface area contributed by atoms with Crippen molar-refractivity contribution in [3.63, 3.8) is 0 Å². The van der Waals surface area contributed by atoms with Crippen LogP contribution in [0.1, 0.15) is 34.7 Å². The molecule has 4 atom stereocenters. The molecular formula is C13H16N6O4. The van der Waals surface area contributed by atoms with Crippen molar-refractivity contribution in [2.75, 3.05) is 13.2 Å². The Morgan fingerprint density at radius 2 is 2.35 bits per heavy atom. The average Bonchev–Trinajstić information content (AvgIpc) is 3.11. The SMILES string of the molecule is NC1=NCC2C(=NC(=O)c3ncn([C@H]4C[C@@H](O)[C@@H](CO)O4)c32)N1. The molecule has 0 bridgehead atoms. The normalized spacial score (nSPS) is 32.7. The highest BCUT2D eigenvalue weighted by molar-refractivity contribution is 6.14. The summed E-state index contributed by atoms with van der Waals surface area (Å²) in [6.07, 6.45) is -0.119. The van der Waals surface area contributed by atoms with Crippen molar-refractivity contribution >= 4 is 17.7 Å². The van der Waals surface area contributed by atoms with Gasteiger partial charge < -0.3 is 30.6 Å². The monoisotopic (exact) mass is 320 g/mol. The van der Waals surface area contributed by atoms with E-state index >= 15 is 0 Å². The number of nitrogens with one attached hydrogen (secondary N) is 1. The van der Waals surface area contributed by atoms with Crippen molar-refractivity contribution in [3.05, 3.63) is 17.7 Å². The van der Waals surface area contributed by atoms with Crippen molar-refractivity contribution in [1.29, 1.82) is 0 Å². The first-order valence-corrected chi connectivity index (χ1v) is 7.29. The fraction of sp³-hybridized carbons (Fsp3) is 0.538. The van der Waals surface area contributed by atoms with E-state index in [0.29, 0.717) is 24.5 Å². The van der Waals surface area contributed by atoms with Gasteiger partial charge >= 0.3 is 0 Å². The van der Waals surface area contributed by atoms with E-state index in [1.165, 1.54) is 6.33 Å². The molecule has 4 rings (SSSR count). The maximum atomic E-state index is 12.1. The first-order valence-electron chi connectivity index (χ1n) is 7.29. The number of ether oxygens (including phenoxy) is 1. The lowest BCUT2D eigenvalue weighted by atomic mass is 9.97. The number of rotatable bonds is 2. The number of fused-ring (bicyclic) bond motifs is 3. The number of hydrogen-bond donors (Lipinski definition) is 4. The maximum Gasteiger partial charge on any atom is 0.299 e. The van der Waals surface area contributed by atoms with Crippen LogP contribution in [0.5, 0.6) is 0 Å². The molecule has 1 aromatic rings. The standard InChI is InChI=1S/C13H16N6O4/c14-13-15-2-5-10-9(12(22)17-11(5)18-13)16-4-19(10)8-1-6(21)7(3-20)23-8/h4-8,20-21H,1-3H2,(H3,14,15,17,18,22)/t5?,6-,7-,8-/m1/s1. The van der Waals surface area contributed by atoms with Gasteiger partial charge in [-0.2, -0.15) is 4.99 Å². The van der Waals surface area contributed by atoms with Gasteiger partial charge in [-0.3, -0.25) is 9.79 Å². The topological polar surface area (TPSA) is 147 Å². The summed E-state index contributed by atoms with van der Waals surface area (Å²) in [5.74, 6) is -0.0694. The summed E-state index contributed by atoms with van der Waals surface area (Å²) < 4.78 is 7.37. The van der Waals surface area contributed by atoms with Crippen LogP contribution >= 0.6 is 0 Å². The summed E-state index contributed by atoms with van der Waals surface area (Å²) in [5, 5.41) is 22.0. The molecule has 0 radical (unpaired) electrons. The van der Waals surface area contributed by atoms with Crippen LogP contribution < -0.4 is 11.1 Å². The number of carbonyl (C=O) groups excluding carboxylic acids is 1. The van der Waals surface area contributed by atoms with E-state index in [1.54, 1.807) is 4.57 Å². The third kappa shape index (κ3) is 2.14. The average molecular weight is 320 g/mol. The predicted molar refractivity (Wildman–Crippen MR) is 78.0 cm³/mol. The van der Waals surface area contributed by atoms with Crippen molar-refractivity contribution < 1.29 is 19.7 Å². The van der Waals surface area contributed by atoms with Crippen LogP contribution in [0.2, 0.25) is 0 Å². The number of aliphatic imine (C=N–C) groups is 2. The number of aliphatic hydroxyl groups excluding tert-OH is 2. The lowest BCUT2D eigenvalue weighted by Gasteiger charge is -2.28. The van der Waals surface area contributed by atoms with E-state index in [4.69, 9.17) is 10.5 Å². The minimum Gasteiger partial charge on any atom is -0.394 e. The number of aromatic nitrogens is 2. The van der Waals surface area contributed by atoms with Crippen LogP contribution in [0.3, 0.4) is 0 Å². The number of aliphatic hydroxyl groups is 2. The first-order chi connectivity index (χ1) is 11.1. The highest BCUT2D eigenvalue weighted by atomic mass is 16.5. The Morgan fingerprint density at radius 3 is 3.09 bits per heavy atom. The fourth-order valence-electron chi connectivity index (χ4n) is 3.18. The lowest BCUT2D eigenvalue weighted by molar-refractivity contribution is -0.0452. The Hall–Kier alpha value is -2.30. The Kier molecular flexibility index (Phi) is 3.18. The molecule has 1 saturated heterocycles. The number of guanidine groups is 1. The molecule has 0 aromatic carbocycles. The molecule has 122 valence electrons. The number of carbonyl (C=O) groups is 1. The highest BCUT2D eigenvalue weighted by Crippen LogP contribution is 2.35. The van der Waals surface area contributed by atoms with Crippen LogP contribution in [-0.2, 0) is 4.74 Å². The molecule has 1 amide bonds. The van der Waals surface area contributed by atoms with Crippen LogP contribution in [0.25, 0.3) is 0 Å². The molecule has 0 aliphatic carbocycles. The summed E-state index contributed by atoms with van der Waals surface area (Å²) >= 11 is 0. The number of amides is 1. The molecule has 3 aliphatic rings. The fourth-order valence-corrected chi connectivity index (χ4v) is 3.18. The quantitative estimate of drug-likeness (QED) is 0.496. The van der Waals surface area contributed by atoms with Gasteiger partial charge in [0.25, 0.3) is 5.91 Å². The largest absolute Gasteiger partial charge is 0.394 e. The summed E-state index contributed by atoms with van der Waals surface area (Å²) in [4.78, 5) is 24.4. The molecule has 0 spiro atoms. The molecule has 1 unspecified atom stereocenters. The number of imidazole rings is 1. The zero-order valence-corrected chi connectivity index (χ0v) is 12.1. The summed E-state index contributed by atoms with van der Waals surface area (Å²) in [6.45, 7) is 0.0777. The third-order valence-corrected chi connectivity index (χ3v) is 4.31. The number of amidine groups is 1. The smallest absolute Gasteiger partial charge is 0.299 e. The summed E-state index contributed by atoms with van der Waals surface area (Å²) in [6, 6.07) is 0. The summed E-state index contributed by atoms with van der Waals surface area (Å²) in [5.41, 5.74) is 6.53. The summed E-state index contributed by atoms with van der Waals surface area (Å²) in [7, 11) is 0. The van der Waals surface area contributed by atoms with Gasteiger partial charge in [0.05, 0.1) is 37.2 Å². The van der Waals surface area contributed by atoms with Gasteiger partial charge in [-0.05, 0) is 0 Å². The number of hydrogen-bond acceptors (Lipinski definition) is 8. The van der Waals surface area contributed by atoms with Crippen LogP contribution in [0.4, 0.5) is 0 Å². The molecule has 1 aromatic heterocycles. The number of nitrogens with zero attached hydrogens (tertiary/aromatic N) is 4. The molecule has 1 fully saturated rings. The van der Waals surface area contributed by atoms with Crippen molar-refractivity contribution in [2.45, 2.75) is 30.8 Å². The van der Waals surface area contributed by atoms with Gasteiger partial charge in [0.2, 0.25) is 0 Å². The molecule has 10 nitrogen and oxygen atoms in total. The molecular weight excluding hydrogens is 304 g/mol. The molecule has 3 aliphatic heterocycles. The highest BCUT2D eigenvalue weighted by Gasteiger charge is 2.41. The third-order valence-electron chi connectivity index (χ3n) is 4.31. The zero-order valence-electron chi connectivity index (χ0n) is 12.1. The minimum absolute atomic E-state index is 0.218. The van der Waals surface area contributed by atoms with E-state index < -0.39 is 24.3 Å². The molecule has 5 N–H and O–H groups in total. The minimum atomic E-state index is -0.770. The van der Waals surface area contributed by atoms with Gasteiger partial charge in [0.1, 0.15) is 18.2 Å². The van der Waals surface area contributed by atoms with Crippen LogP contribution in [0.15, 0.2) is 16.3 Å². The maximum absolute atomic E-state index is 12.1. The van der Waals surface area contributed by atoms with E-state index in [1.807, 2.05) is 0 Å². The van der Waals surface area contributed by atoms with Gasteiger partial charge in [0.15, 0.2) is 11.7 Å². The van der Waals surface area contributed by atoms with E-state index in [0.717, 1.165) is 0 Å². The van der Waals surface area contributed by atoms with Gasteiger partial charge in [-0.15, -0.1) is 0 Å². The molecule has 0 saturated carbocycles. The van der Waals surface area contributed by atoms with Crippen molar-refractivity contribution in [1.82, 2.24) is 14.9 Å². The zero-order chi connectivity index (χ0) is 16.1. The predicted octanol–water partition coefficient (Wildman–Crippen LogP) is -1.92. The van der Waals surface area contributed by atoms with E-state index in [2.05, 4.69) is 20.3 Å². The molecule has 23 heavy (non-hydrogen) atoms. The van der Waals surface area contributed by atoms with Gasteiger partial charge in [0, 0.05) is 6.42 Å². The Labute approximate surface area is 130 Å². The lowest BCUT2D eigenvalue weighted by Crippen LogP contribution is -2.47.